The van der Waals surface area contributed by atoms with Crippen molar-refractivity contribution >= 4 is 0 Å². The normalized spacial score (nSPS) is 17.2. The second-order valence-electron chi connectivity index (χ2n) is 24.3. The van der Waals surface area contributed by atoms with Gasteiger partial charge in [-0.3, -0.25) is 9.58 Å². The van der Waals surface area contributed by atoms with Gasteiger partial charge in [0, 0.05) is 74.6 Å². The van der Waals surface area contributed by atoms with Gasteiger partial charge in [-0.05, 0) is 153 Å². The Balaban J connectivity index is -0.0000000944. The van der Waals surface area contributed by atoms with Gasteiger partial charge in [-0.1, -0.05) is 260 Å². The highest BCUT2D eigenvalue weighted by molar-refractivity contribution is 4.80. The molecule has 0 radical (unpaired) electrons. The Hall–Kier alpha value is -1.78. The predicted octanol–water partition coefficient (Wildman–Crippen LogP) is 25.7. The summed E-state index contributed by atoms with van der Waals surface area (Å²) in [4.78, 5) is 8.80. The van der Waals surface area contributed by atoms with Crippen molar-refractivity contribution < 1.29 is 14.2 Å². The molecule has 89 heavy (non-hydrogen) atoms. The zero-order valence-corrected chi connectivity index (χ0v) is 69.3. The maximum atomic E-state index is 5.19. The van der Waals surface area contributed by atoms with Crippen LogP contribution in [0.5, 0.6) is 0 Å². The van der Waals surface area contributed by atoms with Crippen LogP contribution >= 0.6 is 0 Å². The minimum absolute atomic E-state index is 0.491. The number of aromatic nitrogens is 4. The topological polar surface area (TPSA) is 72.9 Å². The molecule has 3 aliphatic carbocycles. The zero-order chi connectivity index (χ0) is 72.1. The fourth-order valence-corrected chi connectivity index (χ4v) is 7.43. The lowest BCUT2D eigenvalue weighted by atomic mass is 9.78. The second-order valence-corrected chi connectivity index (χ2v) is 24.3. The van der Waals surface area contributed by atoms with E-state index in [1.54, 1.807) is 12.4 Å². The van der Waals surface area contributed by atoms with E-state index >= 15 is 0 Å². The molecule has 9 heteroatoms. The summed E-state index contributed by atoms with van der Waals surface area (Å²) in [7, 11) is 0. The lowest BCUT2D eigenvalue weighted by Crippen LogP contribution is -2.41. The summed E-state index contributed by atoms with van der Waals surface area (Å²) in [6.45, 7) is 93.9. The molecular weight excluding hydrogens is 1090 g/mol. The first-order valence-corrected chi connectivity index (χ1v) is 38.8. The van der Waals surface area contributed by atoms with Gasteiger partial charge in [-0.15, -0.1) is 0 Å². The first-order valence-electron chi connectivity index (χ1n) is 38.8. The van der Waals surface area contributed by atoms with Crippen LogP contribution in [0, 0.1) is 59.2 Å². The monoisotopic (exact) mass is 1270 g/mol. The molecule has 0 amide bonds. The minimum Gasteiger partial charge on any atom is -0.381 e. The molecule has 5 aliphatic heterocycles. The second kappa shape index (κ2) is 82.3. The molecule has 2 aromatic rings. The Morgan fingerprint density at radius 1 is 0.337 bits per heavy atom. The van der Waals surface area contributed by atoms with Gasteiger partial charge in [0.05, 0.1) is 38.4 Å². The average molecular weight is 1270 g/mol. The number of hydrogen-bond donors (Lipinski definition) is 0. The summed E-state index contributed by atoms with van der Waals surface area (Å²) >= 11 is 0. The van der Waals surface area contributed by atoms with Crippen molar-refractivity contribution in [3.8, 4) is 0 Å². The Morgan fingerprint density at radius 2 is 0.685 bits per heavy atom. The number of nitrogens with zero attached hydrogens (tertiary/aromatic N) is 6. The predicted molar refractivity (Wildman–Crippen MR) is 412 cm³/mol. The maximum absolute atomic E-state index is 5.19. The molecule has 2 aromatic heterocycles. The molecule has 0 spiro atoms. The zero-order valence-electron chi connectivity index (χ0n) is 69.3. The summed E-state index contributed by atoms with van der Waals surface area (Å²) in [6, 6.07) is 4.54. The molecule has 0 aromatic carbocycles. The van der Waals surface area contributed by atoms with Gasteiger partial charge >= 0.3 is 0 Å². The third kappa shape index (κ3) is 73.5. The first-order chi connectivity index (χ1) is 42.5. The largest absolute Gasteiger partial charge is 0.381 e. The Morgan fingerprint density at radius 3 is 0.730 bits per heavy atom. The lowest BCUT2D eigenvalue weighted by molar-refractivity contribution is -0.0763. The fourth-order valence-electron chi connectivity index (χ4n) is 7.43. The van der Waals surface area contributed by atoms with E-state index in [2.05, 4.69) is 163 Å². The highest BCUT2D eigenvalue weighted by Gasteiger charge is 2.26. The third-order valence-electron chi connectivity index (χ3n) is 14.9. The molecular formula is C80H178N6O3. The van der Waals surface area contributed by atoms with Gasteiger partial charge in [-0.25, -0.2) is 4.98 Å². The fraction of sp³-hybridized carbons (Fsp3) is 0.925. The van der Waals surface area contributed by atoms with Crippen LogP contribution in [0.1, 0.15) is 353 Å². The van der Waals surface area contributed by atoms with E-state index in [1.807, 2.05) is 168 Å². The quantitative estimate of drug-likeness (QED) is 0.220. The molecule has 3 saturated carbocycles. The van der Waals surface area contributed by atoms with Crippen molar-refractivity contribution in [2.24, 2.45) is 59.2 Å². The number of imidazole rings is 1. The Bertz CT molecular complexity index is 1210. The lowest BCUT2D eigenvalue weighted by Gasteiger charge is -2.34. The van der Waals surface area contributed by atoms with E-state index in [0.29, 0.717) is 24.3 Å². The number of epoxide rings is 1. The van der Waals surface area contributed by atoms with Crippen LogP contribution in [-0.4, -0.2) is 106 Å². The Labute approximate surface area is 567 Å². The summed E-state index contributed by atoms with van der Waals surface area (Å²) in [5.74, 6) is 9.30. The van der Waals surface area contributed by atoms with E-state index in [0.717, 1.165) is 97.7 Å². The highest BCUT2D eigenvalue weighted by atomic mass is 16.6. The number of ether oxygens (including phenoxy) is 3. The SMILES string of the molecule is CC.CC.CC.CC.CC.CC.CC.CC.CC.CC.CC(C)C1CC1.CC(C)C1CCC1.CC(C)C1CCC1.CC(C)C1CCO1.CC(C)C1CO1.CC(C)C1COC1.CC(C)N1CC1.CC(C)N1CCC1.CC(C)n1cccn1.CC(C)n1ccnc1. The van der Waals surface area contributed by atoms with Crippen LogP contribution in [-0.2, 0) is 14.2 Å². The molecule has 0 bridgehead atoms. The third-order valence-corrected chi connectivity index (χ3v) is 14.9. The van der Waals surface area contributed by atoms with Crippen LogP contribution in [0.4, 0.5) is 0 Å². The van der Waals surface area contributed by atoms with E-state index in [4.69, 9.17) is 14.2 Å². The van der Waals surface area contributed by atoms with Crippen molar-refractivity contribution in [1.29, 1.82) is 0 Å². The molecule has 2 atom stereocenters. The van der Waals surface area contributed by atoms with E-state index < -0.39 is 0 Å². The van der Waals surface area contributed by atoms with Gasteiger partial charge in [-0.2, -0.15) is 5.10 Å². The van der Waals surface area contributed by atoms with Crippen molar-refractivity contribution in [1.82, 2.24) is 29.1 Å². The van der Waals surface area contributed by atoms with E-state index in [1.165, 1.54) is 90.4 Å². The van der Waals surface area contributed by atoms with Crippen molar-refractivity contribution in [2.75, 3.05) is 52.6 Å². The molecule has 546 valence electrons. The summed E-state index contributed by atoms with van der Waals surface area (Å²) in [5, 5.41) is 4.03. The molecule has 2 unspecified atom stereocenters. The van der Waals surface area contributed by atoms with Crippen LogP contribution in [0.25, 0.3) is 0 Å². The van der Waals surface area contributed by atoms with Crippen LogP contribution in [0.15, 0.2) is 37.2 Å². The molecule has 5 saturated heterocycles. The first kappa shape index (κ1) is 109. The van der Waals surface area contributed by atoms with Crippen LogP contribution < -0.4 is 0 Å². The van der Waals surface area contributed by atoms with Gasteiger partial charge in [0.2, 0.25) is 0 Å². The average Bonchev–Trinajstić information content (AvgIpc) is 4.43. The summed E-state index contributed by atoms with van der Waals surface area (Å²) < 4.78 is 19.1. The van der Waals surface area contributed by atoms with Gasteiger partial charge < -0.3 is 23.7 Å². The summed E-state index contributed by atoms with van der Waals surface area (Å²) in [5.41, 5.74) is 0. The maximum Gasteiger partial charge on any atom is 0.0948 e. The molecule has 0 N–H and O–H groups in total. The van der Waals surface area contributed by atoms with E-state index in [9.17, 15) is 0 Å². The van der Waals surface area contributed by atoms with Crippen molar-refractivity contribution in [3.63, 3.8) is 0 Å². The molecule has 9 nitrogen and oxygen atoms in total. The van der Waals surface area contributed by atoms with E-state index in [-0.39, 0.29) is 0 Å². The van der Waals surface area contributed by atoms with Crippen LogP contribution in [0.2, 0.25) is 0 Å². The van der Waals surface area contributed by atoms with Gasteiger partial charge in [0.15, 0.2) is 0 Å². The molecule has 8 fully saturated rings. The Kier molecular flexibility index (Phi) is 101. The number of hydrogen-bond acceptors (Lipinski definition) is 7. The van der Waals surface area contributed by atoms with Crippen molar-refractivity contribution in [3.05, 3.63) is 37.2 Å². The molecule has 8 aliphatic rings. The molecule has 10 rings (SSSR count). The standard InChI is InChI=1S/2C7H14.2C6H10N2.C6H13N.2C6H12O.C6H12.C5H11N.C5H10O.10C2H6/c2*1-6(2)7-4-3-5-7;1-6(2)8-4-3-7-5-8;1-6(2)8-5-3-4-7-8;1-6(2)7-4-3-5-7;1-5(2)6-3-7-4-6;1-5(2)6-3-4-7-6;2*1-5(2)6-3-4-6;1-4(2)5-3-6-5;10*1-2/h2*6-7H,3-5H2,1-2H3;2*3-6H,1-2H3;6H,3-5H2,1-2H3;2*5-6H,3-4H2,1-2H3;5-6H,3-4H2,1-2H3;5H,3-4H2,1-2H3;4-5H,3H2,1-2H3;10*1-2H3. The molecule has 7 heterocycles. The number of likely N-dealkylation sites (tertiary alicyclic amines) is 1. The smallest absolute Gasteiger partial charge is 0.0948 e. The van der Waals surface area contributed by atoms with Crippen molar-refractivity contribution in [2.45, 2.75) is 378 Å². The van der Waals surface area contributed by atoms with Gasteiger partial charge in [0.25, 0.3) is 0 Å². The van der Waals surface area contributed by atoms with Gasteiger partial charge in [0.1, 0.15) is 0 Å². The number of rotatable bonds is 10. The van der Waals surface area contributed by atoms with Crippen LogP contribution in [0.3, 0.4) is 0 Å². The minimum atomic E-state index is 0.491. The summed E-state index contributed by atoms with van der Waals surface area (Å²) in [6.07, 6.45) is 25.2. The highest BCUT2D eigenvalue weighted by Crippen LogP contribution is 2.36.